The van der Waals surface area contributed by atoms with Gasteiger partial charge in [-0.3, -0.25) is 0 Å². The van der Waals surface area contributed by atoms with Gasteiger partial charge < -0.3 is 10.2 Å². The molecular formula is C15H14O4. The second-order valence-electron chi connectivity index (χ2n) is 4.59. The number of carboxylic acids is 2. The van der Waals surface area contributed by atoms with Crippen LogP contribution in [0.3, 0.4) is 0 Å². The van der Waals surface area contributed by atoms with Crippen LogP contribution in [0.5, 0.6) is 0 Å². The van der Waals surface area contributed by atoms with Gasteiger partial charge in [0.2, 0.25) is 0 Å². The maximum atomic E-state index is 11.5. The number of hydrogen-bond acceptors (Lipinski definition) is 2. The van der Waals surface area contributed by atoms with Gasteiger partial charge >= 0.3 is 11.9 Å². The lowest BCUT2D eigenvalue weighted by Gasteiger charge is -2.15. The third-order valence-electron chi connectivity index (χ3n) is 3.66. The Kier molecular flexibility index (Phi) is 3.02. The van der Waals surface area contributed by atoms with E-state index in [2.05, 4.69) is 0 Å². The predicted octanol–water partition coefficient (Wildman–Crippen LogP) is 3.16. The zero-order valence-corrected chi connectivity index (χ0v) is 10.9. The smallest absolute Gasteiger partial charge is 0.336 e. The zero-order valence-electron chi connectivity index (χ0n) is 10.9. The molecule has 0 spiro atoms. The van der Waals surface area contributed by atoms with Crippen molar-refractivity contribution in [2.24, 2.45) is 0 Å². The summed E-state index contributed by atoms with van der Waals surface area (Å²) in [5.74, 6) is -2.21. The zero-order chi connectivity index (χ0) is 14.3. The van der Waals surface area contributed by atoms with E-state index < -0.39 is 11.9 Å². The Morgan fingerprint density at radius 1 is 0.895 bits per heavy atom. The Hall–Kier alpha value is -2.36. The molecule has 0 saturated carbocycles. The van der Waals surface area contributed by atoms with Gasteiger partial charge in [-0.25, -0.2) is 9.59 Å². The van der Waals surface area contributed by atoms with Crippen LogP contribution in [-0.2, 0) is 0 Å². The number of aryl methyl sites for hydroxylation is 1. The Bertz CT molecular complexity index is 714. The molecule has 4 heteroatoms. The molecule has 2 N–H and O–H groups in total. The predicted molar refractivity (Wildman–Crippen MR) is 72.1 cm³/mol. The van der Waals surface area contributed by atoms with E-state index in [1.165, 1.54) is 6.07 Å². The van der Waals surface area contributed by atoms with Gasteiger partial charge in [0.25, 0.3) is 0 Å². The topological polar surface area (TPSA) is 74.6 Å². The fourth-order valence-corrected chi connectivity index (χ4v) is 2.44. The van der Waals surface area contributed by atoms with Crippen molar-refractivity contribution in [2.45, 2.75) is 20.8 Å². The van der Waals surface area contributed by atoms with E-state index in [4.69, 9.17) is 0 Å². The van der Waals surface area contributed by atoms with E-state index >= 15 is 0 Å². The molecule has 2 aromatic carbocycles. The van der Waals surface area contributed by atoms with Gasteiger partial charge in [0, 0.05) is 5.39 Å². The molecule has 0 fully saturated rings. The lowest BCUT2D eigenvalue weighted by Crippen LogP contribution is -2.08. The first-order valence-corrected chi connectivity index (χ1v) is 5.85. The Morgan fingerprint density at radius 3 is 2.05 bits per heavy atom. The molecule has 0 aliphatic rings. The normalized spacial score (nSPS) is 10.7. The molecule has 0 aliphatic heterocycles. The first kappa shape index (κ1) is 13.1. The van der Waals surface area contributed by atoms with Crippen LogP contribution in [0, 0.1) is 20.8 Å². The van der Waals surface area contributed by atoms with Crippen molar-refractivity contribution in [3.63, 3.8) is 0 Å². The Balaban J connectivity index is 3.14. The van der Waals surface area contributed by atoms with Gasteiger partial charge in [0.1, 0.15) is 0 Å². The molecule has 0 amide bonds. The maximum Gasteiger partial charge on any atom is 0.336 e. The molecule has 19 heavy (non-hydrogen) atoms. The third kappa shape index (κ3) is 1.85. The highest BCUT2D eigenvalue weighted by Gasteiger charge is 2.21. The first-order chi connectivity index (χ1) is 8.86. The molecule has 0 heterocycles. The molecule has 0 saturated heterocycles. The fraction of sp³-hybridized carbons (Fsp3) is 0.200. The van der Waals surface area contributed by atoms with Gasteiger partial charge in [-0.05, 0) is 48.9 Å². The minimum Gasteiger partial charge on any atom is -0.478 e. The number of carbonyl (C=O) groups is 2. The minimum atomic E-state index is -1.12. The van der Waals surface area contributed by atoms with Crippen LogP contribution in [0.4, 0.5) is 0 Å². The first-order valence-electron chi connectivity index (χ1n) is 5.85. The molecule has 0 atom stereocenters. The number of hydrogen-bond donors (Lipinski definition) is 2. The van der Waals surface area contributed by atoms with Gasteiger partial charge in [0.05, 0.1) is 11.1 Å². The molecule has 0 bridgehead atoms. The van der Waals surface area contributed by atoms with Crippen LogP contribution in [0.2, 0.25) is 0 Å². The second-order valence-corrected chi connectivity index (χ2v) is 4.59. The summed E-state index contributed by atoms with van der Waals surface area (Å²) < 4.78 is 0. The summed E-state index contributed by atoms with van der Waals surface area (Å²) in [6, 6.07) is 4.83. The van der Waals surface area contributed by atoms with Crippen LogP contribution in [0.25, 0.3) is 10.8 Å². The van der Waals surface area contributed by atoms with Crippen molar-refractivity contribution in [1.29, 1.82) is 0 Å². The van der Waals surface area contributed by atoms with E-state index in [-0.39, 0.29) is 11.1 Å². The molecule has 2 aromatic rings. The summed E-state index contributed by atoms with van der Waals surface area (Å²) >= 11 is 0. The summed E-state index contributed by atoms with van der Waals surface area (Å²) in [7, 11) is 0. The fourth-order valence-electron chi connectivity index (χ4n) is 2.44. The molecule has 0 aliphatic carbocycles. The molecule has 2 rings (SSSR count). The highest BCUT2D eigenvalue weighted by atomic mass is 16.4. The van der Waals surface area contributed by atoms with Crippen molar-refractivity contribution in [3.05, 3.63) is 46.0 Å². The highest BCUT2D eigenvalue weighted by molar-refractivity contribution is 6.14. The van der Waals surface area contributed by atoms with Crippen molar-refractivity contribution < 1.29 is 19.8 Å². The quantitative estimate of drug-likeness (QED) is 0.867. The summed E-state index contributed by atoms with van der Waals surface area (Å²) in [6.07, 6.45) is 0. The lowest BCUT2D eigenvalue weighted by molar-refractivity contribution is 0.0695. The number of aromatic carboxylic acids is 2. The van der Waals surface area contributed by atoms with Crippen molar-refractivity contribution >= 4 is 22.7 Å². The van der Waals surface area contributed by atoms with Gasteiger partial charge in [-0.1, -0.05) is 12.1 Å². The van der Waals surface area contributed by atoms with Gasteiger partial charge in [-0.15, -0.1) is 0 Å². The third-order valence-corrected chi connectivity index (χ3v) is 3.66. The summed E-state index contributed by atoms with van der Waals surface area (Å²) in [4.78, 5) is 22.8. The largest absolute Gasteiger partial charge is 0.478 e. The van der Waals surface area contributed by atoms with E-state index in [9.17, 15) is 19.8 Å². The number of fused-ring (bicyclic) bond motifs is 1. The average molecular weight is 258 g/mol. The summed E-state index contributed by atoms with van der Waals surface area (Å²) in [6.45, 7) is 5.44. The SMILES string of the molecule is Cc1c(C)c(C(=O)O)c2c(C(=O)O)cccc2c1C. The molecule has 0 aromatic heterocycles. The number of benzene rings is 2. The van der Waals surface area contributed by atoms with Crippen LogP contribution < -0.4 is 0 Å². The van der Waals surface area contributed by atoms with Crippen LogP contribution in [-0.4, -0.2) is 22.2 Å². The van der Waals surface area contributed by atoms with Crippen molar-refractivity contribution in [3.8, 4) is 0 Å². The molecular weight excluding hydrogens is 244 g/mol. The Morgan fingerprint density at radius 2 is 1.53 bits per heavy atom. The van der Waals surface area contributed by atoms with Crippen LogP contribution in [0.15, 0.2) is 18.2 Å². The Labute approximate surface area is 110 Å². The van der Waals surface area contributed by atoms with E-state index in [0.29, 0.717) is 16.3 Å². The lowest BCUT2D eigenvalue weighted by atomic mass is 9.88. The minimum absolute atomic E-state index is 0.0288. The molecule has 4 nitrogen and oxygen atoms in total. The maximum absolute atomic E-state index is 11.5. The summed E-state index contributed by atoms with van der Waals surface area (Å²) in [5.41, 5.74) is 2.52. The summed E-state index contributed by atoms with van der Waals surface area (Å²) in [5, 5.41) is 19.6. The van der Waals surface area contributed by atoms with E-state index in [0.717, 1.165) is 11.1 Å². The van der Waals surface area contributed by atoms with Gasteiger partial charge in [0.15, 0.2) is 0 Å². The van der Waals surface area contributed by atoms with E-state index in [1.54, 1.807) is 19.1 Å². The second kappa shape index (κ2) is 4.39. The van der Waals surface area contributed by atoms with Crippen LogP contribution >= 0.6 is 0 Å². The standard InChI is InChI=1S/C15H14O4/c1-7-8(2)10-5-4-6-11(14(16)17)13(10)12(9(7)3)15(18)19/h4-6H,1-3H3,(H,16,17)(H,18,19). The van der Waals surface area contributed by atoms with E-state index in [1.807, 2.05) is 13.8 Å². The van der Waals surface area contributed by atoms with Crippen molar-refractivity contribution in [1.82, 2.24) is 0 Å². The van der Waals surface area contributed by atoms with Crippen molar-refractivity contribution in [2.75, 3.05) is 0 Å². The molecule has 0 radical (unpaired) electrons. The molecule has 0 unspecified atom stereocenters. The number of carboxylic acid groups (broad SMARTS) is 2. The van der Waals surface area contributed by atoms with Gasteiger partial charge in [-0.2, -0.15) is 0 Å². The monoisotopic (exact) mass is 258 g/mol. The molecule has 98 valence electrons. The highest BCUT2D eigenvalue weighted by Crippen LogP contribution is 2.32. The number of rotatable bonds is 2. The average Bonchev–Trinajstić information content (AvgIpc) is 2.35. The van der Waals surface area contributed by atoms with Crippen LogP contribution in [0.1, 0.15) is 37.4 Å².